The summed E-state index contributed by atoms with van der Waals surface area (Å²) in [6.45, 7) is 0. The molecule has 0 saturated heterocycles. The van der Waals surface area contributed by atoms with Crippen molar-refractivity contribution in [2.45, 2.75) is 0 Å². The van der Waals surface area contributed by atoms with Crippen LogP contribution in [0, 0.1) is 0 Å². The molecule has 0 bridgehead atoms. The lowest BCUT2D eigenvalue weighted by Crippen LogP contribution is -2.12. The summed E-state index contributed by atoms with van der Waals surface area (Å²) in [5.74, 6) is 0. The van der Waals surface area contributed by atoms with Crippen molar-refractivity contribution in [1.82, 2.24) is 4.57 Å². The normalized spacial score (nSPS) is 11.4. The predicted molar refractivity (Wildman–Crippen MR) is 272 cm³/mol. The molecule has 12 aromatic rings. The van der Waals surface area contributed by atoms with Gasteiger partial charge in [-0.25, -0.2) is 0 Å². The Hall–Kier alpha value is -8.46. The molecule has 300 valence electrons. The number of benzene rings is 11. The van der Waals surface area contributed by atoms with E-state index >= 15 is 0 Å². The topological polar surface area (TPSA) is 8.17 Å². The van der Waals surface area contributed by atoms with Crippen LogP contribution in [0.1, 0.15) is 0 Å². The SMILES string of the molecule is c1ccc(-c2ccccc2-c2c(-c3ccccc3)cccc2N(c2ccc(-c3cc4ccccc4c4ccccc34)cc2)c2ccc3c4ccccc4n(-c4ccccc4)c3c2)cc1. The number of anilines is 3. The Morgan fingerprint density at radius 1 is 0.281 bits per heavy atom. The van der Waals surface area contributed by atoms with Crippen molar-refractivity contribution in [3.63, 3.8) is 0 Å². The monoisotopic (exact) mass is 814 g/mol. The second-order valence-electron chi connectivity index (χ2n) is 16.4. The van der Waals surface area contributed by atoms with E-state index in [0.717, 1.165) is 28.3 Å². The maximum absolute atomic E-state index is 2.47. The third kappa shape index (κ3) is 6.35. The molecule has 2 heteroatoms. The fourth-order valence-electron chi connectivity index (χ4n) is 9.90. The number of hydrogen-bond donors (Lipinski definition) is 0. The van der Waals surface area contributed by atoms with E-state index in [0.29, 0.717) is 0 Å². The van der Waals surface area contributed by atoms with Crippen molar-refractivity contribution in [1.29, 1.82) is 0 Å². The molecule has 0 aliphatic carbocycles. The molecule has 12 rings (SSSR count). The molecule has 2 nitrogen and oxygen atoms in total. The zero-order valence-corrected chi connectivity index (χ0v) is 35.1. The molecular formula is C62H42N2. The lowest BCUT2D eigenvalue weighted by Gasteiger charge is -2.30. The molecule has 0 saturated carbocycles. The van der Waals surface area contributed by atoms with Crippen LogP contribution in [0.4, 0.5) is 17.1 Å². The molecule has 0 radical (unpaired) electrons. The highest BCUT2D eigenvalue weighted by atomic mass is 15.1. The van der Waals surface area contributed by atoms with Crippen molar-refractivity contribution in [3.8, 4) is 50.2 Å². The molecular weight excluding hydrogens is 773 g/mol. The first-order chi connectivity index (χ1) is 31.8. The molecule has 0 aliphatic rings. The van der Waals surface area contributed by atoms with Gasteiger partial charge in [0.2, 0.25) is 0 Å². The molecule has 0 fully saturated rings. The third-order valence-corrected chi connectivity index (χ3v) is 12.8. The Kier molecular flexibility index (Phi) is 9.20. The summed E-state index contributed by atoms with van der Waals surface area (Å²) in [6.07, 6.45) is 0. The molecule has 1 heterocycles. The number of rotatable bonds is 8. The average Bonchev–Trinajstić information content (AvgIpc) is 3.71. The minimum Gasteiger partial charge on any atom is -0.310 e. The smallest absolute Gasteiger partial charge is 0.0561 e. The zero-order valence-electron chi connectivity index (χ0n) is 35.1. The van der Waals surface area contributed by atoms with Gasteiger partial charge in [-0.1, -0.05) is 200 Å². The second kappa shape index (κ2) is 15.8. The van der Waals surface area contributed by atoms with Gasteiger partial charge in [0.15, 0.2) is 0 Å². The number of fused-ring (bicyclic) bond motifs is 6. The van der Waals surface area contributed by atoms with Crippen molar-refractivity contribution in [3.05, 3.63) is 255 Å². The quantitative estimate of drug-likeness (QED) is 0.139. The van der Waals surface area contributed by atoms with Gasteiger partial charge in [-0.05, 0) is 115 Å². The van der Waals surface area contributed by atoms with Gasteiger partial charge in [-0.2, -0.15) is 0 Å². The first kappa shape index (κ1) is 37.3. The molecule has 0 N–H and O–H groups in total. The van der Waals surface area contributed by atoms with E-state index in [1.165, 1.54) is 82.3 Å². The van der Waals surface area contributed by atoms with Gasteiger partial charge in [0.1, 0.15) is 0 Å². The van der Waals surface area contributed by atoms with Crippen LogP contribution in [0.25, 0.3) is 93.5 Å². The number of aromatic nitrogens is 1. The van der Waals surface area contributed by atoms with Crippen LogP contribution >= 0.6 is 0 Å². The maximum atomic E-state index is 2.47. The summed E-state index contributed by atoms with van der Waals surface area (Å²) in [4.78, 5) is 2.47. The Balaban J connectivity index is 1.13. The van der Waals surface area contributed by atoms with Crippen LogP contribution in [-0.2, 0) is 0 Å². The van der Waals surface area contributed by atoms with E-state index in [1.54, 1.807) is 0 Å². The Bertz CT molecular complexity index is 3640. The van der Waals surface area contributed by atoms with Gasteiger partial charge in [0, 0.05) is 33.4 Å². The Labute approximate surface area is 373 Å². The highest BCUT2D eigenvalue weighted by molar-refractivity contribution is 6.14. The van der Waals surface area contributed by atoms with Crippen molar-refractivity contribution >= 4 is 60.4 Å². The van der Waals surface area contributed by atoms with Crippen LogP contribution in [0.3, 0.4) is 0 Å². The maximum Gasteiger partial charge on any atom is 0.0561 e. The molecule has 11 aromatic carbocycles. The third-order valence-electron chi connectivity index (χ3n) is 12.8. The first-order valence-electron chi connectivity index (χ1n) is 22.0. The van der Waals surface area contributed by atoms with Gasteiger partial charge in [-0.3, -0.25) is 0 Å². The molecule has 0 spiro atoms. The molecule has 0 unspecified atom stereocenters. The zero-order chi connectivity index (χ0) is 42.4. The van der Waals surface area contributed by atoms with Gasteiger partial charge < -0.3 is 9.47 Å². The summed E-state index contributed by atoms with van der Waals surface area (Å²) in [6, 6.07) is 92.8. The van der Waals surface area contributed by atoms with Crippen molar-refractivity contribution in [2.24, 2.45) is 0 Å². The summed E-state index contributed by atoms with van der Waals surface area (Å²) in [7, 11) is 0. The van der Waals surface area contributed by atoms with E-state index in [2.05, 4.69) is 264 Å². The number of hydrogen-bond acceptors (Lipinski definition) is 1. The fourth-order valence-corrected chi connectivity index (χ4v) is 9.90. The second-order valence-corrected chi connectivity index (χ2v) is 16.4. The van der Waals surface area contributed by atoms with Crippen LogP contribution in [0.2, 0.25) is 0 Å². The van der Waals surface area contributed by atoms with E-state index in [1.807, 2.05) is 0 Å². The summed E-state index contributed by atoms with van der Waals surface area (Å²) >= 11 is 0. The van der Waals surface area contributed by atoms with Gasteiger partial charge in [0.25, 0.3) is 0 Å². The highest BCUT2D eigenvalue weighted by Crippen LogP contribution is 2.49. The van der Waals surface area contributed by atoms with Gasteiger partial charge in [-0.15, -0.1) is 0 Å². The minimum atomic E-state index is 1.07. The number of para-hydroxylation sites is 2. The van der Waals surface area contributed by atoms with E-state index in [4.69, 9.17) is 0 Å². The lowest BCUT2D eigenvalue weighted by molar-refractivity contribution is 1.18. The van der Waals surface area contributed by atoms with E-state index in [9.17, 15) is 0 Å². The number of nitrogens with zero attached hydrogens (tertiary/aromatic N) is 2. The standard InChI is InChI=1S/C62H42N2/c1-4-19-43(20-5-1)50-26-12-15-31-57(50)62-52(44-21-6-2-7-22-44)32-18-34-60(62)63(49-39-40-56-55-30-16-17-33-59(55)64(61(56)42-49)47-24-8-3-9-25-47)48-37-35-45(36-38-48)58-41-46-23-10-11-27-51(46)53-28-13-14-29-54(53)58/h1-42H. The largest absolute Gasteiger partial charge is 0.310 e. The van der Waals surface area contributed by atoms with Gasteiger partial charge in [0.05, 0.1) is 16.7 Å². The van der Waals surface area contributed by atoms with E-state index in [-0.39, 0.29) is 0 Å². The van der Waals surface area contributed by atoms with Crippen molar-refractivity contribution in [2.75, 3.05) is 4.90 Å². The van der Waals surface area contributed by atoms with Crippen molar-refractivity contribution < 1.29 is 0 Å². The molecule has 0 atom stereocenters. The van der Waals surface area contributed by atoms with Crippen LogP contribution in [-0.4, -0.2) is 4.57 Å². The van der Waals surface area contributed by atoms with Crippen LogP contribution in [0.15, 0.2) is 255 Å². The Morgan fingerprint density at radius 2 is 0.812 bits per heavy atom. The molecule has 0 aliphatic heterocycles. The average molecular weight is 815 g/mol. The predicted octanol–water partition coefficient (Wildman–Crippen LogP) is 17.2. The Morgan fingerprint density at radius 3 is 1.56 bits per heavy atom. The highest BCUT2D eigenvalue weighted by Gasteiger charge is 2.24. The summed E-state index contributed by atoms with van der Waals surface area (Å²) in [5, 5.41) is 7.48. The summed E-state index contributed by atoms with van der Waals surface area (Å²) in [5.41, 5.74) is 16.1. The molecule has 1 aromatic heterocycles. The fraction of sp³-hybridized carbons (Fsp3) is 0. The molecule has 64 heavy (non-hydrogen) atoms. The van der Waals surface area contributed by atoms with Crippen LogP contribution in [0.5, 0.6) is 0 Å². The van der Waals surface area contributed by atoms with E-state index < -0.39 is 0 Å². The van der Waals surface area contributed by atoms with Gasteiger partial charge >= 0.3 is 0 Å². The lowest BCUT2D eigenvalue weighted by atomic mass is 9.87. The van der Waals surface area contributed by atoms with Crippen LogP contribution < -0.4 is 4.90 Å². The summed E-state index contributed by atoms with van der Waals surface area (Å²) < 4.78 is 2.41. The molecule has 0 amide bonds. The minimum absolute atomic E-state index is 1.07. The first-order valence-corrected chi connectivity index (χ1v) is 22.0.